The molecule has 8 heteroatoms. The molecule has 2 atom stereocenters. The number of fused-ring (bicyclic) bond motifs is 2. The topological polar surface area (TPSA) is 136 Å². The van der Waals surface area contributed by atoms with E-state index in [4.69, 9.17) is 4.74 Å². The molecule has 0 amide bonds. The van der Waals surface area contributed by atoms with Gasteiger partial charge in [0, 0.05) is 36.6 Å². The zero-order chi connectivity index (χ0) is 22.5. The van der Waals surface area contributed by atoms with Crippen LogP contribution in [0.5, 0.6) is 17.2 Å². The molecule has 0 aliphatic heterocycles. The molecular formula is C23H23NO7. The van der Waals surface area contributed by atoms with Gasteiger partial charge in [-0.3, -0.25) is 9.59 Å². The van der Waals surface area contributed by atoms with Crippen molar-refractivity contribution < 1.29 is 34.8 Å². The van der Waals surface area contributed by atoms with E-state index in [1.54, 1.807) is 19.2 Å². The van der Waals surface area contributed by atoms with Gasteiger partial charge in [-0.2, -0.15) is 0 Å². The first-order valence-electron chi connectivity index (χ1n) is 9.81. The Morgan fingerprint density at radius 3 is 2.39 bits per heavy atom. The van der Waals surface area contributed by atoms with Crippen molar-refractivity contribution >= 4 is 11.6 Å². The second-order valence-electron chi connectivity index (χ2n) is 8.11. The molecule has 0 radical (unpaired) electrons. The maximum absolute atomic E-state index is 13.1. The normalized spacial score (nSPS) is 22.5. The summed E-state index contributed by atoms with van der Waals surface area (Å²) in [7, 11) is 1.56. The quantitative estimate of drug-likeness (QED) is 0.464. The summed E-state index contributed by atoms with van der Waals surface area (Å²) >= 11 is 0. The number of rotatable bonds is 4. The third-order valence-electron chi connectivity index (χ3n) is 5.95. The third-order valence-corrected chi connectivity index (χ3v) is 5.95. The molecule has 0 heterocycles. The third kappa shape index (κ3) is 3.43. The number of methoxy groups -OCH3 is 1. The van der Waals surface area contributed by atoms with Gasteiger partial charge in [0.1, 0.15) is 17.2 Å². The van der Waals surface area contributed by atoms with E-state index in [9.17, 15) is 30.0 Å². The van der Waals surface area contributed by atoms with E-state index in [2.05, 4.69) is 5.32 Å². The number of aromatic hydroxyl groups is 2. The number of carbonyl (C=O) groups is 2. The van der Waals surface area contributed by atoms with Crippen LogP contribution in [0.3, 0.4) is 0 Å². The highest BCUT2D eigenvalue weighted by Gasteiger charge is 2.43. The van der Waals surface area contributed by atoms with Gasteiger partial charge in [0.15, 0.2) is 5.78 Å². The van der Waals surface area contributed by atoms with Crippen LogP contribution in [-0.2, 0) is 19.4 Å². The molecule has 8 nitrogen and oxygen atoms in total. The predicted molar refractivity (Wildman–Crippen MR) is 110 cm³/mol. The lowest BCUT2D eigenvalue weighted by Crippen LogP contribution is -2.46. The average molecular weight is 425 g/mol. The summed E-state index contributed by atoms with van der Waals surface area (Å²) in [5.41, 5.74) is -0.972. The van der Waals surface area contributed by atoms with Gasteiger partial charge in [-0.25, -0.2) is 0 Å². The second-order valence-corrected chi connectivity index (χ2v) is 8.11. The average Bonchev–Trinajstić information content (AvgIpc) is 2.74. The zero-order valence-corrected chi connectivity index (χ0v) is 17.1. The number of allylic oxidation sites excluding steroid dienone is 2. The van der Waals surface area contributed by atoms with Crippen molar-refractivity contribution in [1.82, 2.24) is 5.32 Å². The number of carbonyl (C=O) groups excluding carboxylic acids is 2. The predicted octanol–water partition coefficient (Wildman–Crippen LogP) is 1.37. The fourth-order valence-electron chi connectivity index (χ4n) is 4.06. The molecule has 5 N–H and O–H groups in total. The molecule has 2 aromatic rings. The van der Waals surface area contributed by atoms with Crippen molar-refractivity contribution in [2.75, 3.05) is 7.11 Å². The molecule has 0 aromatic heterocycles. The van der Waals surface area contributed by atoms with Gasteiger partial charge in [0.2, 0.25) is 5.78 Å². The Kier molecular flexibility index (Phi) is 4.99. The number of phenolic OH excluding ortho intramolecular Hbond substituents is 2. The van der Waals surface area contributed by atoms with Gasteiger partial charge < -0.3 is 30.5 Å². The Hall–Kier alpha value is -3.36. The van der Waals surface area contributed by atoms with Crippen LogP contribution in [-0.4, -0.2) is 50.8 Å². The van der Waals surface area contributed by atoms with Crippen molar-refractivity contribution in [1.29, 1.82) is 0 Å². The number of ether oxygens (including phenoxy) is 1. The zero-order valence-electron chi connectivity index (χ0n) is 17.1. The number of Topliss-reactive ketones (excluding diaryl/α,β-unsaturated/α-hetero) is 1. The smallest absolute Gasteiger partial charge is 0.213 e. The molecule has 162 valence electrons. The van der Waals surface area contributed by atoms with Crippen LogP contribution in [0.25, 0.3) is 0 Å². The fraction of sp³-hybridized carbons (Fsp3) is 0.304. The van der Waals surface area contributed by atoms with Gasteiger partial charge >= 0.3 is 0 Å². The van der Waals surface area contributed by atoms with E-state index in [1.165, 1.54) is 6.92 Å². The standard InChI is InChI=1S/C23H23NO7/c1-23(30)9-14-13(7-17(23)26)20(27)18-16(25)8-15(22(29)19(18)21(14)28)24-10-11-3-5-12(31-2)6-4-11/h3-6,8,17,24,26-28,30H,7,9-10H2,1-2H3/t17-,23+/m1/s1. The van der Waals surface area contributed by atoms with Crippen LogP contribution < -0.4 is 10.1 Å². The SMILES string of the molecule is COc1ccc(CNC2=CC(=O)c3c(O)c4c(c(O)c3C2=O)C[C@](C)(O)[C@H](O)C4)cc1. The minimum absolute atomic E-state index is 0.00873. The number of ketones is 2. The van der Waals surface area contributed by atoms with Gasteiger partial charge in [0.25, 0.3) is 0 Å². The highest BCUT2D eigenvalue weighted by atomic mass is 16.5. The van der Waals surface area contributed by atoms with Gasteiger partial charge in [-0.15, -0.1) is 0 Å². The second kappa shape index (κ2) is 7.40. The van der Waals surface area contributed by atoms with E-state index < -0.39 is 34.8 Å². The van der Waals surface area contributed by atoms with E-state index in [-0.39, 0.29) is 47.3 Å². The number of hydrogen-bond donors (Lipinski definition) is 5. The molecular weight excluding hydrogens is 402 g/mol. The summed E-state index contributed by atoms with van der Waals surface area (Å²) in [6.07, 6.45) is -0.413. The number of aliphatic hydroxyl groups excluding tert-OH is 1. The summed E-state index contributed by atoms with van der Waals surface area (Å²) < 4.78 is 5.11. The lowest BCUT2D eigenvalue weighted by molar-refractivity contribution is -0.0668. The summed E-state index contributed by atoms with van der Waals surface area (Å²) in [5, 5.41) is 45.0. The minimum atomic E-state index is -1.54. The number of aliphatic hydroxyl groups is 2. The Morgan fingerprint density at radius 1 is 1.10 bits per heavy atom. The van der Waals surface area contributed by atoms with Crippen LogP contribution in [0.15, 0.2) is 36.0 Å². The summed E-state index contributed by atoms with van der Waals surface area (Å²) in [6, 6.07) is 7.15. The number of nitrogens with one attached hydrogen (secondary N) is 1. The Morgan fingerprint density at radius 2 is 1.74 bits per heavy atom. The molecule has 0 saturated heterocycles. The molecule has 0 fully saturated rings. The lowest BCUT2D eigenvalue weighted by Gasteiger charge is -2.36. The van der Waals surface area contributed by atoms with E-state index in [1.807, 2.05) is 12.1 Å². The maximum Gasteiger partial charge on any atom is 0.213 e. The van der Waals surface area contributed by atoms with Crippen LogP contribution in [0.1, 0.15) is 44.3 Å². The maximum atomic E-state index is 13.1. The number of phenols is 2. The number of benzene rings is 2. The van der Waals surface area contributed by atoms with Gasteiger partial charge in [0.05, 0.1) is 35.6 Å². The van der Waals surface area contributed by atoms with Crippen molar-refractivity contribution in [2.24, 2.45) is 0 Å². The summed E-state index contributed by atoms with van der Waals surface area (Å²) in [6.45, 7) is 1.66. The molecule has 4 rings (SSSR count). The highest BCUT2D eigenvalue weighted by Crippen LogP contribution is 2.45. The lowest BCUT2D eigenvalue weighted by atomic mass is 9.75. The molecule has 0 unspecified atom stereocenters. The molecule has 0 spiro atoms. The van der Waals surface area contributed by atoms with Gasteiger partial charge in [-0.1, -0.05) is 12.1 Å². The van der Waals surface area contributed by atoms with Crippen molar-refractivity contribution in [3.8, 4) is 17.2 Å². The Bertz CT molecular complexity index is 1120. The van der Waals surface area contributed by atoms with Crippen LogP contribution in [0, 0.1) is 0 Å². The fourth-order valence-corrected chi connectivity index (χ4v) is 4.06. The highest BCUT2D eigenvalue weighted by molar-refractivity contribution is 6.26. The van der Waals surface area contributed by atoms with Crippen molar-refractivity contribution in [2.45, 2.75) is 38.0 Å². The van der Waals surface area contributed by atoms with E-state index in [0.717, 1.165) is 11.6 Å². The van der Waals surface area contributed by atoms with Crippen molar-refractivity contribution in [3.63, 3.8) is 0 Å². The first-order valence-corrected chi connectivity index (χ1v) is 9.81. The first kappa shape index (κ1) is 20.9. The Balaban J connectivity index is 1.68. The van der Waals surface area contributed by atoms with E-state index >= 15 is 0 Å². The largest absolute Gasteiger partial charge is 0.507 e. The van der Waals surface area contributed by atoms with Crippen LogP contribution >= 0.6 is 0 Å². The molecule has 0 bridgehead atoms. The summed E-state index contributed by atoms with van der Waals surface area (Å²) in [5.74, 6) is -1.47. The molecule has 2 aliphatic rings. The summed E-state index contributed by atoms with van der Waals surface area (Å²) in [4.78, 5) is 25.8. The van der Waals surface area contributed by atoms with Gasteiger partial charge in [-0.05, 0) is 24.6 Å². The van der Waals surface area contributed by atoms with E-state index in [0.29, 0.717) is 5.75 Å². The van der Waals surface area contributed by atoms with Crippen molar-refractivity contribution in [3.05, 3.63) is 63.9 Å². The first-order chi connectivity index (χ1) is 14.6. The molecule has 2 aliphatic carbocycles. The Labute approximate surface area is 178 Å². The minimum Gasteiger partial charge on any atom is -0.507 e. The van der Waals surface area contributed by atoms with Crippen LogP contribution in [0.4, 0.5) is 0 Å². The monoisotopic (exact) mass is 425 g/mol. The molecule has 31 heavy (non-hydrogen) atoms. The van der Waals surface area contributed by atoms with Crippen LogP contribution in [0.2, 0.25) is 0 Å². The molecule has 2 aromatic carbocycles. The number of hydrogen-bond acceptors (Lipinski definition) is 8. The molecule has 0 saturated carbocycles.